The van der Waals surface area contributed by atoms with Crippen molar-refractivity contribution in [1.29, 1.82) is 5.26 Å². The summed E-state index contributed by atoms with van der Waals surface area (Å²) in [5.41, 5.74) is -0.00204. The Labute approximate surface area is 114 Å². The first-order chi connectivity index (χ1) is 9.12. The Bertz CT molecular complexity index is 539. The average molecular weight is 280 g/mol. The summed E-state index contributed by atoms with van der Waals surface area (Å²) in [6.07, 6.45) is 3.43. The molecular weight excluding hydrogens is 268 g/mol. The van der Waals surface area contributed by atoms with Crippen LogP contribution in [0.1, 0.15) is 6.92 Å². The van der Waals surface area contributed by atoms with Crippen molar-refractivity contribution in [3.63, 3.8) is 0 Å². The van der Waals surface area contributed by atoms with E-state index in [9.17, 15) is 10.1 Å². The maximum Gasteiger partial charge on any atom is 0.295 e. The van der Waals surface area contributed by atoms with Gasteiger partial charge in [-0.25, -0.2) is 4.99 Å². The molecule has 0 heterocycles. The van der Waals surface area contributed by atoms with E-state index in [0.29, 0.717) is 12.4 Å². The average Bonchev–Trinajstić information content (AvgIpc) is 2.38. The van der Waals surface area contributed by atoms with Gasteiger partial charge < -0.3 is 4.74 Å². The van der Waals surface area contributed by atoms with Crippen molar-refractivity contribution in [2.75, 3.05) is 12.9 Å². The van der Waals surface area contributed by atoms with Crippen molar-refractivity contribution in [1.82, 2.24) is 5.32 Å². The Morgan fingerprint density at radius 3 is 2.95 bits per heavy atom. The molecule has 0 spiro atoms. The van der Waals surface area contributed by atoms with Crippen molar-refractivity contribution in [2.45, 2.75) is 6.92 Å². The van der Waals surface area contributed by atoms with E-state index in [4.69, 9.17) is 10.00 Å². The fourth-order valence-corrected chi connectivity index (χ4v) is 1.62. The number of nitro groups is 1. The number of nitriles is 1. The van der Waals surface area contributed by atoms with E-state index in [1.807, 2.05) is 6.92 Å². The fraction of sp³-hybridized carbons (Fsp3) is 0.273. The quantitative estimate of drug-likeness (QED) is 0.227. The number of thioether (sulfide) groups is 1. The maximum atomic E-state index is 10.9. The molecular formula is C11H12N4O3S. The number of aliphatic imine (C=N–C) groups is 1. The number of nitrogens with one attached hydrogen (secondary N) is 1. The molecule has 0 unspecified atom stereocenters. The minimum Gasteiger partial charge on any atom is -0.494 e. The molecule has 0 atom stereocenters. The molecule has 0 aliphatic carbocycles. The zero-order valence-corrected chi connectivity index (χ0v) is 11.2. The van der Waals surface area contributed by atoms with Gasteiger partial charge in [-0.05, 0) is 19.2 Å². The van der Waals surface area contributed by atoms with Crippen LogP contribution in [0.4, 0.5) is 11.4 Å². The molecule has 0 bridgehead atoms. The highest BCUT2D eigenvalue weighted by atomic mass is 32.2. The largest absolute Gasteiger partial charge is 0.494 e. The predicted octanol–water partition coefficient (Wildman–Crippen LogP) is 2.41. The minimum atomic E-state index is -0.529. The Hall–Kier alpha value is -2.27. The van der Waals surface area contributed by atoms with E-state index in [2.05, 4.69) is 10.3 Å². The molecule has 0 saturated carbocycles. The van der Waals surface area contributed by atoms with Crippen LogP contribution in [0, 0.1) is 21.6 Å². The Kier molecular flexibility index (Phi) is 5.63. The molecule has 8 heteroatoms. The predicted molar refractivity (Wildman–Crippen MR) is 73.6 cm³/mol. The van der Waals surface area contributed by atoms with Gasteiger partial charge in [0, 0.05) is 12.1 Å². The zero-order valence-electron chi connectivity index (χ0n) is 10.4. The van der Waals surface area contributed by atoms with Crippen molar-refractivity contribution < 1.29 is 9.66 Å². The van der Waals surface area contributed by atoms with Crippen molar-refractivity contribution in [2.24, 2.45) is 4.99 Å². The number of hydrogen-bond acceptors (Lipinski definition) is 6. The van der Waals surface area contributed by atoms with Gasteiger partial charge in [0.25, 0.3) is 5.69 Å². The lowest BCUT2D eigenvalue weighted by molar-refractivity contribution is -0.384. The number of nitro benzene ring substituents is 1. The van der Waals surface area contributed by atoms with Gasteiger partial charge >= 0.3 is 0 Å². The summed E-state index contributed by atoms with van der Waals surface area (Å²) in [6, 6.07) is 4.31. The Morgan fingerprint density at radius 2 is 2.42 bits per heavy atom. The van der Waals surface area contributed by atoms with Gasteiger partial charge in [0.2, 0.25) is 0 Å². The van der Waals surface area contributed by atoms with Crippen molar-refractivity contribution in [3.05, 3.63) is 28.3 Å². The summed E-state index contributed by atoms with van der Waals surface area (Å²) in [5.74, 6) is 0.490. The van der Waals surface area contributed by atoms with Crippen LogP contribution in [0.3, 0.4) is 0 Å². The molecule has 0 aliphatic rings. The van der Waals surface area contributed by atoms with E-state index < -0.39 is 4.92 Å². The number of hydrogen-bond donors (Lipinski definition) is 1. The van der Waals surface area contributed by atoms with Crippen LogP contribution in [-0.2, 0) is 0 Å². The molecule has 0 radical (unpaired) electrons. The number of nitrogens with zero attached hydrogens (tertiary/aromatic N) is 3. The summed E-state index contributed by atoms with van der Waals surface area (Å²) >= 11 is 1.18. The van der Waals surface area contributed by atoms with Crippen LogP contribution < -0.4 is 10.1 Å². The van der Waals surface area contributed by atoms with Gasteiger partial charge in [-0.1, -0.05) is 11.8 Å². The topological polar surface area (TPSA) is 101 Å². The first-order valence-corrected chi connectivity index (χ1v) is 6.53. The second-order valence-corrected chi connectivity index (χ2v) is 3.99. The molecule has 1 N–H and O–H groups in total. The van der Waals surface area contributed by atoms with Crippen molar-refractivity contribution in [3.8, 4) is 11.9 Å². The summed E-state index contributed by atoms with van der Waals surface area (Å²) < 4.78 is 5.27. The molecule has 7 nitrogen and oxygen atoms in total. The van der Waals surface area contributed by atoms with E-state index in [1.54, 1.807) is 12.4 Å². The normalized spacial score (nSPS) is 10.7. The third-order valence-electron chi connectivity index (χ3n) is 2.03. The third-order valence-corrected chi connectivity index (χ3v) is 2.61. The number of ether oxygens (including phenoxy) is 1. The van der Waals surface area contributed by atoms with Crippen LogP contribution in [0.25, 0.3) is 0 Å². The number of benzene rings is 1. The summed E-state index contributed by atoms with van der Waals surface area (Å²) in [6.45, 7) is 2.27. The Morgan fingerprint density at radius 1 is 1.68 bits per heavy atom. The van der Waals surface area contributed by atoms with Crippen molar-refractivity contribution >= 4 is 28.3 Å². The fourth-order valence-electron chi connectivity index (χ4n) is 1.29. The van der Waals surface area contributed by atoms with E-state index in [0.717, 1.165) is 0 Å². The molecule has 0 fully saturated rings. The van der Waals surface area contributed by atoms with Gasteiger partial charge in [0.1, 0.15) is 11.4 Å². The summed E-state index contributed by atoms with van der Waals surface area (Å²) in [4.78, 5) is 14.4. The van der Waals surface area contributed by atoms with E-state index in [-0.39, 0.29) is 16.5 Å². The molecule has 1 aromatic rings. The first-order valence-electron chi connectivity index (χ1n) is 5.31. The molecule has 1 aromatic carbocycles. The molecule has 0 saturated heterocycles. The molecule has 0 aromatic heterocycles. The van der Waals surface area contributed by atoms with E-state index >= 15 is 0 Å². The lowest BCUT2D eigenvalue weighted by atomic mass is 10.2. The number of rotatable bonds is 4. The van der Waals surface area contributed by atoms with Gasteiger partial charge in [-0.15, -0.1) is 0 Å². The van der Waals surface area contributed by atoms with Crippen LogP contribution in [-0.4, -0.2) is 23.0 Å². The lowest BCUT2D eigenvalue weighted by Crippen LogP contribution is -2.12. The second kappa shape index (κ2) is 7.23. The highest BCUT2D eigenvalue weighted by Crippen LogP contribution is 2.32. The SMILES string of the molecule is CCOc1ccc([N+](=O)[O-])c(N=C(NC#N)SC)c1. The first kappa shape index (κ1) is 14.8. The molecule has 19 heavy (non-hydrogen) atoms. The molecule has 0 amide bonds. The molecule has 0 aliphatic heterocycles. The summed E-state index contributed by atoms with van der Waals surface area (Å²) in [7, 11) is 0. The van der Waals surface area contributed by atoms with Gasteiger partial charge in [-0.2, -0.15) is 5.26 Å². The lowest BCUT2D eigenvalue weighted by Gasteiger charge is -2.05. The summed E-state index contributed by atoms with van der Waals surface area (Å²) in [5, 5.41) is 22.1. The monoisotopic (exact) mass is 280 g/mol. The smallest absolute Gasteiger partial charge is 0.295 e. The zero-order chi connectivity index (χ0) is 14.3. The third kappa shape index (κ3) is 4.15. The maximum absolute atomic E-state index is 10.9. The highest BCUT2D eigenvalue weighted by Gasteiger charge is 2.15. The van der Waals surface area contributed by atoms with E-state index in [1.165, 1.54) is 30.0 Å². The standard InChI is InChI=1S/C11H12N4O3S/c1-3-18-8-4-5-10(15(16)17)9(6-8)14-11(19-2)13-7-12/h4-6H,3H2,1-2H3,(H,13,14). The van der Waals surface area contributed by atoms with Crippen LogP contribution in [0.15, 0.2) is 23.2 Å². The van der Waals surface area contributed by atoms with Crippen LogP contribution in [0.2, 0.25) is 0 Å². The van der Waals surface area contributed by atoms with Gasteiger partial charge in [0.15, 0.2) is 11.4 Å². The minimum absolute atomic E-state index is 0.142. The van der Waals surface area contributed by atoms with Gasteiger partial charge in [-0.3, -0.25) is 15.4 Å². The van der Waals surface area contributed by atoms with Crippen LogP contribution >= 0.6 is 11.8 Å². The Balaban J connectivity index is 3.24. The molecule has 100 valence electrons. The second-order valence-electron chi connectivity index (χ2n) is 3.20. The molecule has 1 rings (SSSR count). The highest BCUT2D eigenvalue weighted by molar-refractivity contribution is 8.13. The van der Waals surface area contributed by atoms with Gasteiger partial charge in [0.05, 0.1) is 11.5 Å². The van der Waals surface area contributed by atoms with Crippen LogP contribution in [0.5, 0.6) is 5.75 Å². The number of amidine groups is 1.